The first-order valence-electron chi connectivity index (χ1n) is 5.98. The predicted molar refractivity (Wildman–Crippen MR) is 74.7 cm³/mol. The lowest BCUT2D eigenvalue weighted by molar-refractivity contribution is 0.0697. The van der Waals surface area contributed by atoms with Gasteiger partial charge >= 0.3 is 12.0 Å². The van der Waals surface area contributed by atoms with E-state index in [-0.39, 0.29) is 18.7 Å². The van der Waals surface area contributed by atoms with E-state index in [4.69, 9.17) is 16.6 Å². The Morgan fingerprint density at radius 1 is 1.40 bits per heavy atom. The van der Waals surface area contributed by atoms with E-state index in [1.165, 1.54) is 29.2 Å². The highest BCUT2D eigenvalue weighted by molar-refractivity contribution is 5.93. The van der Waals surface area contributed by atoms with Crippen LogP contribution in [0.3, 0.4) is 0 Å². The van der Waals surface area contributed by atoms with Gasteiger partial charge in [0.05, 0.1) is 24.8 Å². The molecule has 2 amide bonds. The zero-order valence-electron chi connectivity index (χ0n) is 11.0. The van der Waals surface area contributed by atoms with Gasteiger partial charge in [-0.05, 0) is 31.2 Å². The first-order chi connectivity index (χ1) is 9.49. The molecule has 0 aliphatic heterocycles. The molecule has 106 valence electrons. The molecule has 0 aliphatic carbocycles. The summed E-state index contributed by atoms with van der Waals surface area (Å²) in [6, 6.07) is 4.88. The molecule has 20 heavy (non-hydrogen) atoms. The molecular formula is C14H16N2O4. The molecule has 0 aromatic heterocycles. The molecule has 3 N–H and O–H groups in total. The van der Waals surface area contributed by atoms with Crippen LogP contribution in [-0.2, 0) is 0 Å². The summed E-state index contributed by atoms with van der Waals surface area (Å²) >= 11 is 0. The number of amides is 2. The van der Waals surface area contributed by atoms with Gasteiger partial charge in [0.1, 0.15) is 0 Å². The molecule has 1 atom stereocenters. The van der Waals surface area contributed by atoms with Crippen molar-refractivity contribution in [3.05, 3.63) is 29.8 Å². The fourth-order valence-corrected chi connectivity index (χ4v) is 1.54. The average molecular weight is 276 g/mol. The zero-order chi connectivity index (χ0) is 15.1. The Bertz CT molecular complexity index is 519. The maximum absolute atomic E-state index is 12.0. The van der Waals surface area contributed by atoms with Crippen molar-refractivity contribution in [3.63, 3.8) is 0 Å². The van der Waals surface area contributed by atoms with Crippen LogP contribution in [0.2, 0.25) is 0 Å². The monoisotopic (exact) mass is 276 g/mol. The third-order valence-corrected chi connectivity index (χ3v) is 2.58. The van der Waals surface area contributed by atoms with Gasteiger partial charge in [-0.15, -0.1) is 6.42 Å². The lowest BCUT2D eigenvalue weighted by atomic mass is 10.2. The van der Waals surface area contributed by atoms with E-state index in [0.717, 1.165) is 0 Å². The Balaban J connectivity index is 2.93. The van der Waals surface area contributed by atoms with Crippen LogP contribution in [-0.4, -0.2) is 41.4 Å². The van der Waals surface area contributed by atoms with E-state index in [0.29, 0.717) is 5.69 Å². The van der Waals surface area contributed by atoms with Gasteiger partial charge in [0.2, 0.25) is 0 Å². The second-order valence-electron chi connectivity index (χ2n) is 4.07. The summed E-state index contributed by atoms with van der Waals surface area (Å²) in [4.78, 5) is 24.1. The number of urea groups is 1. The number of carbonyl (C=O) groups is 2. The molecule has 0 fully saturated rings. The Morgan fingerprint density at radius 2 is 2.00 bits per heavy atom. The van der Waals surface area contributed by atoms with Crippen molar-refractivity contribution in [2.24, 2.45) is 0 Å². The van der Waals surface area contributed by atoms with Gasteiger partial charge in [0.15, 0.2) is 0 Å². The molecule has 0 saturated heterocycles. The largest absolute Gasteiger partial charge is 0.478 e. The first kappa shape index (κ1) is 15.5. The van der Waals surface area contributed by atoms with Gasteiger partial charge < -0.3 is 15.5 Å². The van der Waals surface area contributed by atoms with E-state index < -0.39 is 18.0 Å². The fraction of sp³-hybridized carbons (Fsp3) is 0.286. The number of hydrogen-bond donors (Lipinski definition) is 3. The molecule has 1 unspecified atom stereocenters. The molecule has 0 saturated carbocycles. The average Bonchev–Trinajstić information content (AvgIpc) is 2.44. The van der Waals surface area contributed by atoms with Crippen molar-refractivity contribution in [1.29, 1.82) is 0 Å². The third-order valence-electron chi connectivity index (χ3n) is 2.58. The van der Waals surface area contributed by atoms with Crippen molar-refractivity contribution in [3.8, 4) is 12.3 Å². The number of carboxylic acids is 1. The van der Waals surface area contributed by atoms with E-state index in [1.807, 2.05) is 0 Å². The van der Waals surface area contributed by atoms with Crippen LogP contribution in [0.25, 0.3) is 0 Å². The lowest BCUT2D eigenvalue weighted by Gasteiger charge is -2.23. The number of aliphatic hydroxyl groups is 1. The summed E-state index contributed by atoms with van der Waals surface area (Å²) in [5.74, 6) is 1.32. The van der Waals surface area contributed by atoms with Gasteiger partial charge in [-0.3, -0.25) is 4.90 Å². The summed E-state index contributed by atoms with van der Waals surface area (Å²) in [5.41, 5.74) is 0.598. The molecule has 1 aromatic rings. The van der Waals surface area contributed by atoms with Crippen LogP contribution in [0.1, 0.15) is 17.3 Å². The molecule has 0 bridgehead atoms. The molecule has 0 radical (unpaired) electrons. The van der Waals surface area contributed by atoms with Crippen LogP contribution < -0.4 is 10.2 Å². The number of carbonyl (C=O) groups excluding carboxylic acids is 1. The number of aromatic carboxylic acids is 1. The Labute approximate surface area is 117 Å². The Morgan fingerprint density at radius 3 is 2.45 bits per heavy atom. The van der Waals surface area contributed by atoms with E-state index in [2.05, 4.69) is 11.2 Å². The smallest absolute Gasteiger partial charge is 0.335 e. The Kier molecular flexibility index (Phi) is 5.56. The normalized spacial score (nSPS) is 11.2. The summed E-state index contributed by atoms with van der Waals surface area (Å²) in [7, 11) is 0. The molecule has 6 nitrogen and oxygen atoms in total. The number of anilines is 1. The summed E-state index contributed by atoms with van der Waals surface area (Å²) in [6.45, 7) is 1.51. The fourth-order valence-electron chi connectivity index (χ4n) is 1.54. The number of aliphatic hydroxyl groups excluding tert-OH is 1. The molecule has 0 heterocycles. The molecule has 6 heteroatoms. The maximum atomic E-state index is 12.0. The van der Waals surface area contributed by atoms with Crippen LogP contribution in [0.4, 0.5) is 10.5 Å². The molecular weight excluding hydrogens is 260 g/mol. The second kappa shape index (κ2) is 7.16. The zero-order valence-corrected chi connectivity index (χ0v) is 11.0. The van der Waals surface area contributed by atoms with Crippen molar-refractivity contribution in [2.75, 3.05) is 18.1 Å². The molecule has 1 rings (SSSR count). The number of hydrogen-bond acceptors (Lipinski definition) is 3. The third kappa shape index (κ3) is 4.00. The summed E-state index contributed by atoms with van der Waals surface area (Å²) < 4.78 is 0. The SMILES string of the molecule is C#CC(C)NC(=O)N(CCO)c1ccc(C(=O)O)cc1. The van der Waals surface area contributed by atoms with Gasteiger partial charge in [0, 0.05) is 5.69 Å². The van der Waals surface area contributed by atoms with E-state index in [9.17, 15) is 9.59 Å². The second-order valence-corrected chi connectivity index (χ2v) is 4.07. The van der Waals surface area contributed by atoms with Crippen LogP contribution in [0.5, 0.6) is 0 Å². The van der Waals surface area contributed by atoms with Crippen LogP contribution in [0.15, 0.2) is 24.3 Å². The minimum atomic E-state index is -1.05. The molecule has 0 spiro atoms. The number of rotatable bonds is 5. The van der Waals surface area contributed by atoms with Crippen molar-refractivity contribution < 1.29 is 19.8 Å². The maximum Gasteiger partial charge on any atom is 0.335 e. The summed E-state index contributed by atoms with van der Waals surface area (Å²) in [6.07, 6.45) is 5.19. The minimum Gasteiger partial charge on any atom is -0.478 e. The van der Waals surface area contributed by atoms with Gasteiger partial charge in [-0.2, -0.15) is 0 Å². The Hall–Kier alpha value is -2.52. The summed E-state index contributed by atoms with van der Waals surface area (Å²) in [5, 5.41) is 20.4. The van der Waals surface area contributed by atoms with Crippen molar-refractivity contribution in [1.82, 2.24) is 5.32 Å². The number of terminal acetylenes is 1. The topological polar surface area (TPSA) is 89.9 Å². The highest BCUT2D eigenvalue weighted by atomic mass is 16.4. The van der Waals surface area contributed by atoms with Crippen LogP contribution in [0, 0.1) is 12.3 Å². The number of nitrogens with one attached hydrogen (secondary N) is 1. The van der Waals surface area contributed by atoms with Crippen molar-refractivity contribution >= 4 is 17.7 Å². The van der Waals surface area contributed by atoms with E-state index >= 15 is 0 Å². The number of carboxylic acid groups (broad SMARTS) is 1. The number of nitrogens with zero attached hydrogens (tertiary/aromatic N) is 1. The van der Waals surface area contributed by atoms with E-state index in [1.54, 1.807) is 6.92 Å². The van der Waals surface area contributed by atoms with Gasteiger partial charge in [-0.25, -0.2) is 9.59 Å². The first-order valence-corrected chi connectivity index (χ1v) is 5.98. The lowest BCUT2D eigenvalue weighted by Crippen LogP contribution is -2.44. The van der Waals surface area contributed by atoms with Crippen molar-refractivity contribution in [2.45, 2.75) is 13.0 Å². The predicted octanol–water partition coefficient (Wildman–Crippen LogP) is 0.915. The quantitative estimate of drug-likeness (QED) is 0.697. The standard InChI is InChI=1S/C14H16N2O4/c1-3-10(2)15-14(20)16(8-9-17)12-6-4-11(5-7-12)13(18)19/h1,4-7,10,17H,8-9H2,2H3,(H,15,20)(H,18,19). The minimum absolute atomic E-state index is 0.0789. The highest BCUT2D eigenvalue weighted by Crippen LogP contribution is 2.15. The van der Waals surface area contributed by atoms with Gasteiger partial charge in [0.25, 0.3) is 0 Å². The molecule has 0 aliphatic rings. The van der Waals surface area contributed by atoms with Gasteiger partial charge in [-0.1, -0.05) is 5.92 Å². The highest BCUT2D eigenvalue weighted by Gasteiger charge is 2.16. The number of benzene rings is 1. The van der Waals surface area contributed by atoms with Crippen LogP contribution >= 0.6 is 0 Å². The molecule has 1 aromatic carbocycles.